The maximum absolute atomic E-state index is 12.5. The summed E-state index contributed by atoms with van der Waals surface area (Å²) in [6.45, 7) is 3.12. The monoisotopic (exact) mass is 400 g/mol. The number of benzene rings is 1. The summed E-state index contributed by atoms with van der Waals surface area (Å²) in [7, 11) is 0. The fraction of sp³-hybridized carbons (Fsp3) is 0.211. The average molecular weight is 401 g/mol. The maximum atomic E-state index is 12.5. The van der Waals surface area contributed by atoms with Gasteiger partial charge in [-0.25, -0.2) is 9.78 Å². The van der Waals surface area contributed by atoms with E-state index in [1.807, 2.05) is 48.7 Å². The van der Waals surface area contributed by atoms with Crippen molar-refractivity contribution in [1.29, 1.82) is 0 Å². The van der Waals surface area contributed by atoms with E-state index in [9.17, 15) is 9.59 Å². The van der Waals surface area contributed by atoms with Gasteiger partial charge in [0.1, 0.15) is 5.69 Å². The summed E-state index contributed by atoms with van der Waals surface area (Å²) >= 11 is 2.88. The SMILES string of the molecule is Cc1ccccc1C(=O)c1csc(NCCCNC(=O)Nc2cccs2)n1. The van der Waals surface area contributed by atoms with Crippen molar-refractivity contribution >= 4 is 44.6 Å². The lowest BCUT2D eigenvalue weighted by atomic mass is 10.0. The molecule has 0 atom stereocenters. The average Bonchev–Trinajstić information content (AvgIpc) is 3.33. The maximum Gasteiger partial charge on any atom is 0.319 e. The van der Waals surface area contributed by atoms with Crippen molar-refractivity contribution in [3.63, 3.8) is 0 Å². The smallest absolute Gasteiger partial charge is 0.319 e. The highest BCUT2D eigenvalue weighted by molar-refractivity contribution is 7.14. The number of anilines is 2. The van der Waals surface area contributed by atoms with Crippen LogP contribution in [0.15, 0.2) is 47.2 Å². The van der Waals surface area contributed by atoms with E-state index in [0.29, 0.717) is 29.5 Å². The number of carbonyl (C=O) groups excluding carboxylic acids is 2. The van der Waals surface area contributed by atoms with Gasteiger partial charge >= 0.3 is 6.03 Å². The third-order valence-corrected chi connectivity index (χ3v) is 5.39. The third-order valence-electron chi connectivity index (χ3n) is 3.80. The van der Waals surface area contributed by atoms with Gasteiger partial charge in [0.2, 0.25) is 5.78 Å². The molecule has 3 aromatic rings. The quantitative estimate of drug-likeness (QED) is 0.387. The Morgan fingerprint density at radius 3 is 2.70 bits per heavy atom. The van der Waals surface area contributed by atoms with Crippen molar-refractivity contribution < 1.29 is 9.59 Å². The molecule has 27 heavy (non-hydrogen) atoms. The van der Waals surface area contributed by atoms with Gasteiger partial charge in [0, 0.05) is 24.0 Å². The molecule has 3 rings (SSSR count). The van der Waals surface area contributed by atoms with Gasteiger partial charge in [-0.3, -0.25) is 10.1 Å². The van der Waals surface area contributed by atoms with Crippen LogP contribution in [0.4, 0.5) is 14.9 Å². The van der Waals surface area contributed by atoms with Crippen molar-refractivity contribution in [3.05, 3.63) is 64.0 Å². The highest BCUT2D eigenvalue weighted by Crippen LogP contribution is 2.19. The minimum atomic E-state index is -0.210. The van der Waals surface area contributed by atoms with E-state index >= 15 is 0 Å². The van der Waals surface area contributed by atoms with Gasteiger partial charge in [-0.15, -0.1) is 22.7 Å². The van der Waals surface area contributed by atoms with E-state index in [0.717, 1.165) is 17.0 Å². The van der Waals surface area contributed by atoms with Crippen LogP contribution in [0.5, 0.6) is 0 Å². The normalized spacial score (nSPS) is 10.4. The van der Waals surface area contributed by atoms with Gasteiger partial charge in [0.25, 0.3) is 0 Å². The topological polar surface area (TPSA) is 83.1 Å². The van der Waals surface area contributed by atoms with E-state index < -0.39 is 0 Å². The van der Waals surface area contributed by atoms with Crippen LogP contribution in [0, 0.1) is 6.92 Å². The number of thiophene rings is 1. The predicted octanol–water partition coefficient (Wildman–Crippen LogP) is 4.37. The van der Waals surface area contributed by atoms with Gasteiger partial charge in [-0.05, 0) is 36.4 Å². The Bertz CT molecular complexity index is 906. The summed E-state index contributed by atoms with van der Waals surface area (Å²) in [5, 5.41) is 14.0. The zero-order valence-corrected chi connectivity index (χ0v) is 16.5. The standard InChI is InChI=1S/C19H20N4O2S2/c1-13-6-2-3-7-14(13)17(24)15-12-27-19(22-15)21-10-5-9-20-18(25)23-16-8-4-11-26-16/h2-4,6-8,11-12H,5,9-10H2,1H3,(H,21,22)(H2,20,23,25). The molecule has 2 amide bonds. The second kappa shape index (κ2) is 9.29. The van der Waals surface area contributed by atoms with Gasteiger partial charge in [0.15, 0.2) is 5.13 Å². The zero-order valence-electron chi connectivity index (χ0n) is 14.8. The molecule has 3 N–H and O–H groups in total. The van der Waals surface area contributed by atoms with Crippen LogP contribution in [0.1, 0.15) is 28.0 Å². The molecule has 0 aliphatic heterocycles. The molecule has 0 saturated carbocycles. The number of aromatic nitrogens is 1. The van der Waals surface area contributed by atoms with E-state index in [1.165, 1.54) is 22.7 Å². The number of urea groups is 1. The van der Waals surface area contributed by atoms with Crippen LogP contribution in [-0.4, -0.2) is 29.9 Å². The Morgan fingerprint density at radius 1 is 1.07 bits per heavy atom. The summed E-state index contributed by atoms with van der Waals surface area (Å²) in [6.07, 6.45) is 0.749. The first-order valence-corrected chi connectivity index (χ1v) is 10.3. The number of rotatable bonds is 8. The summed E-state index contributed by atoms with van der Waals surface area (Å²) in [6, 6.07) is 11.0. The number of nitrogens with zero attached hydrogens (tertiary/aromatic N) is 1. The Labute approximate surface area is 165 Å². The number of thiazole rings is 1. The molecule has 0 saturated heterocycles. The molecule has 0 aliphatic rings. The van der Waals surface area contributed by atoms with Gasteiger partial charge in [0.05, 0.1) is 5.00 Å². The Kier molecular flexibility index (Phi) is 6.56. The number of nitrogens with one attached hydrogen (secondary N) is 3. The minimum Gasteiger partial charge on any atom is -0.361 e. The Morgan fingerprint density at radius 2 is 1.93 bits per heavy atom. The van der Waals surface area contributed by atoms with Crippen molar-refractivity contribution in [3.8, 4) is 0 Å². The van der Waals surface area contributed by atoms with Crippen LogP contribution in [0.2, 0.25) is 0 Å². The summed E-state index contributed by atoms with van der Waals surface area (Å²) in [5.74, 6) is -0.0654. The highest BCUT2D eigenvalue weighted by Gasteiger charge is 2.14. The first kappa shape index (κ1) is 19.1. The largest absolute Gasteiger partial charge is 0.361 e. The molecule has 6 nitrogen and oxygen atoms in total. The molecule has 140 valence electrons. The van der Waals surface area contributed by atoms with E-state index in [-0.39, 0.29) is 11.8 Å². The first-order chi connectivity index (χ1) is 13.1. The number of ketones is 1. The van der Waals surface area contributed by atoms with Crippen molar-refractivity contribution in [1.82, 2.24) is 10.3 Å². The molecule has 8 heteroatoms. The van der Waals surface area contributed by atoms with Crippen molar-refractivity contribution in [2.24, 2.45) is 0 Å². The molecule has 1 aromatic carbocycles. The molecule has 0 bridgehead atoms. The van der Waals surface area contributed by atoms with E-state index in [1.54, 1.807) is 5.38 Å². The number of hydrogen-bond donors (Lipinski definition) is 3. The van der Waals surface area contributed by atoms with Crippen LogP contribution < -0.4 is 16.0 Å². The van der Waals surface area contributed by atoms with Crippen LogP contribution >= 0.6 is 22.7 Å². The lowest BCUT2D eigenvalue weighted by molar-refractivity contribution is 0.103. The molecule has 0 aliphatic carbocycles. The molecule has 0 unspecified atom stereocenters. The number of aryl methyl sites for hydroxylation is 1. The van der Waals surface area contributed by atoms with E-state index in [4.69, 9.17) is 0 Å². The number of carbonyl (C=O) groups is 2. The Hall–Kier alpha value is -2.71. The fourth-order valence-electron chi connectivity index (χ4n) is 2.42. The van der Waals surface area contributed by atoms with Gasteiger partial charge in [-0.1, -0.05) is 24.3 Å². The van der Waals surface area contributed by atoms with Crippen LogP contribution in [0.3, 0.4) is 0 Å². The van der Waals surface area contributed by atoms with Crippen LogP contribution in [-0.2, 0) is 0 Å². The van der Waals surface area contributed by atoms with Gasteiger partial charge < -0.3 is 10.6 Å². The lowest BCUT2D eigenvalue weighted by Gasteiger charge is -2.06. The summed E-state index contributed by atoms with van der Waals surface area (Å²) in [4.78, 5) is 28.6. The Balaban J connectivity index is 1.40. The fourth-order valence-corrected chi connectivity index (χ4v) is 3.75. The molecule has 0 radical (unpaired) electrons. The lowest BCUT2D eigenvalue weighted by Crippen LogP contribution is -2.30. The van der Waals surface area contributed by atoms with Crippen molar-refractivity contribution in [2.75, 3.05) is 23.7 Å². The molecule has 0 spiro atoms. The number of hydrogen-bond acceptors (Lipinski definition) is 6. The molecular formula is C19H20N4O2S2. The first-order valence-electron chi connectivity index (χ1n) is 8.51. The van der Waals surface area contributed by atoms with Crippen LogP contribution in [0.25, 0.3) is 0 Å². The third kappa shape index (κ3) is 5.38. The zero-order chi connectivity index (χ0) is 19.1. The molecular weight excluding hydrogens is 380 g/mol. The molecule has 2 heterocycles. The molecule has 2 aromatic heterocycles. The second-order valence-corrected chi connectivity index (χ2v) is 7.63. The van der Waals surface area contributed by atoms with E-state index in [2.05, 4.69) is 20.9 Å². The van der Waals surface area contributed by atoms with Gasteiger partial charge in [-0.2, -0.15) is 0 Å². The summed E-state index contributed by atoms with van der Waals surface area (Å²) in [5.41, 5.74) is 2.07. The number of amides is 2. The second-order valence-electron chi connectivity index (χ2n) is 5.82. The van der Waals surface area contributed by atoms with Crippen molar-refractivity contribution in [2.45, 2.75) is 13.3 Å². The molecule has 0 fully saturated rings. The summed E-state index contributed by atoms with van der Waals surface area (Å²) < 4.78 is 0. The predicted molar refractivity (Wildman–Crippen MR) is 111 cm³/mol. The minimum absolute atomic E-state index is 0.0654. The highest BCUT2D eigenvalue weighted by atomic mass is 32.1.